The lowest BCUT2D eigenvalue weighted by molar-refractivity contribution is 0.0945. The number of benzene rings is 1. The molecular weight excluding hydrogens is 256 g/mol. The van der Waals surface area contributed by atoms with Crippen LogP contribution in [0.1, 0.15) is 38.1 Å². The highest BCUT2D eigenvalue weighted by molar-refractivity contribution is 5.94. The number of nitrogens with two attached hydrogens (primary N) is 1. The van der Waals surface area contributed by atoms with E-state index in [1.54, 1.807) is 25.3 Å². The molecule has 0 unspecified atom stereocenters. The summed E-state index contributed by atoms with van der Waals surface area (Å²) in [5.74, 6) is 0.981. The first-order valence-electron chi connectivity index (χ1n) is 6.64. The Kier molecular flexibility index (Phi) is 5.39. The van der Waals surface area contributed by atoms with Crippen LogP contribution in [-0.2, 0) is 0 Å². The molecule has 0 atom stereocenters. The van der Waals surface area contributed by atoms with Gasteiger partial charge in [-0.05, 0) is 45.9 Å². The molecular formula is C15H24N2O3. The standard InChI is InChI=1S/C15H24N2O3/c1-10(2)20-12-7-6-11(8-13(12)19-5)14(18)17-9-15(3,4)16/h6-8,10H,9,16H2,1-5H3,(H,17,18). The molecule has 0 aliphatic heterocycles. The number of nitrogens with one attached hydrogen (secondary N) is 1. The highest BCUT2D eigenvalue weighted by atomic mass is 16.5. The second-order valence-electron chi connectivity index (χ2n) is 5.70. The van der Waals surface area contributed by atoms with Crippen LogP contribution in [0.3, 0.4) is 0 Å². The fourth-order valence-corrected chi connectivity index (χ4v) is 1.57. The molecule has 0 fully saturated rings. The van der Waals surface area contributed by atoms with Gasteiger partial charge in [-0.25, -0.2) is 0 Å². The lowest BCUT2D eigenvalue weighted by Crippen LogP contribution is -2.45. The molecule has 1 aromatic carbocycles. The van der Waals surface area contributed by atoms with E-state index in [9.17, 15) is 4.79 Å². The van der Waals surface area contributed by atoms with Crippen LogP contribution in [0, 0.1) is 0 Å². The first-order valence-corrected chi connectivity index (χ1v) is 6.64. The summed E-state index contributed by atoms with van der Waals surface area (Å²) >= 11 is 0. The van der Waals surface area contributed by atoms with Crippen molar-refractivity contribution in [2.45, 2.75) is 39.3 Å². The van der Waals surface area contributed by atoms with Gasteiger partial charge in [-0.3, -0.25) is 4.79 Å². The third kappa shape index (κ3) is 5.09. The van der Waals surface area contributed by atoms with Gasteiger partial charge in [-0.2, -0.15) is 0 Å². The van der Waals surface area contributed by atoms with Gasteiger partial charge in [0.25, 0.3) is 5.91 Å². The average Bonchev–Trinajstić information content (AvgIpc) is 2.34. The van der Waals surface area contributed by atoms with E-state index < -0.39 is 5.54 Å². The summed E-state index contributed by atoms with van der Waals surface area (Å²) in [4.78, 5) is 12.0. The largest absolute Gasteiger partial charge is 0.493 e. The smallest absolute Gasteiger partial charge is 0.251 e. The van der Waals surface area contributed by atoms with E-state index in [-0.39, 0.29) is 12.0 Å². The summed E-state index contributed by atoms with van der Waals surface area (Å²) in [5.41, 5.74) is 5.91. The first-order chi connectivity index (χ1) is 9.23. The average molecular weight is 280 g/mol. The second-order valence-corrected chi connectivity index (χ2v) is 5.70. The van der Waals surface area contributed by atoms with Crippen LogP contribution in [-0.4, -0.2) is 31.2 Å². The van der Waals surface area contributed by atoms with E-state index in [2.05, 4.69) is 5.32 Å². The van der Waals surface area contributed by atoms with Crippen LogP contribution >= 0.6 is 0 Å². The molecule has 1 aromatic rings. The van der Waals surface area contributed by atoms with E-state index in [1.165, 1.54) is 0 Å². The van der Waals surface area contributed by atoms with Crippen LogP contribution in [0.15, 0.2) is 18.2 Å². The Morgan fingerprint density at radius 3 is 2.50 bits per heavy atom. The number of hydrogen-bond donors (Lipinski definition) is 2. The van der Waals surface area contributed by atoms with Crippen molar-refractivity contribution in [3.63, 3.8) is 0 Å². The van der Waals surface area contributed by atoms with E-state index in [4.69, 9.17) is 15.2 Å². The molecule has 112 valence electrons. The molecule has 0 aliphatic carbocycles. The fraction of sp³-hybridized carbons (Fsp3) is 0.533. The summed E-state index contributed by atoms with van der Waals surface area (Å²) in [5, 5.41) is 2.79. The van der Waals surface area contributed by atoms with Crippen molar-refractivity contribution in [1.29, 1.82) is 0 Å². The molecule has 0 aliphatic rings. The maximum Gasteiger partial charge on any atom is 0.251 e. The molecule has 5 nitrogen and oxygen atoms in total. The zero-order valence-corrected chi connectivity index (χ0v) is 12.8. The molecule has 0 bridgehead atoms. The van der Waals surface area contributed by atoms with Gasteiger partial charge < -0.3 is 20.5 Å². The summed E-state index contributed by atoms with van der Waals surface area (Å²) < 4.78 is 10.9. The van der Waals surface area contributed by atoms with E-state index in [0.29, 0.717) is 23.6 Å². The van der Waals surface area contributed by atoms with E-state index in [0.717, 1.165) is 0 Å². The maximum absolute atomic E-state index is 12.0. The van der Waals surface area contributed by atoms with Gasteiger partial charge in [-0.1, -0.05) is 0 Å². The lowest BCUT2D eigenvalue weighted by Gasteiger charge is -2.19. The normalized spacial score (nSPS) is 11.3. The predicted octanol–water partition coefficient (Wildman–Crippen LogP) is 1.95. The number of rotatable bonds is 6. The topological polar surface area (TPSA) is 73.6 Å². The molecule has 0 radical (unpaired) electrons. The quantitative estimate of drug-likeness (QED) is 0.835. The van der Waals surface area contributed by atoms with Crippen molar-refractivity contribution in [3.05, 3.63) is 23.8 Å². The van der Waals surface area contributed by atoms with Crippen LogP contribution in [0.2, 0.25) is 0 Å². The number of amides is 1. The number of carbonyl (C=O) groups is 1. The van der Waals surface area contributed by atoms with Crippen molar-refractivity contribution >= 4 is 5.91 Å². The van der Waals surface area contributed by atoms with E-state index >= 15 is 0 Å². The highest BCUT2D eigenvalue weighted by Gasteiger charge is 2.15. The Morgan fingerprint density at radius 2 is 2.00 bits per heavy atom. The number of ether oxygens (including phenoxy) is 2. The summed E-state index contributed by atoms with van der Waals surface area (Å²) in [6.45, 7) is 7.98. The maximum atomic E-state index is 12.0. The van der Waals surface area contributed by atoms with Crippen LogP contribution in [0.4, 0.5) is 0 Å². The molecule has 1 rings (SSSR count). The summed E-state index contributed by atoms with van der Waals surface area (Å²) in [6.07, 6.45) is 0.0432. The minimum absolute atomic E-state index is 0.0432. The number of carbonyl (C=O) groups excluding carboxylic acids is 1. The lowest BCUT2D eigenvalue weighted by atomic mass is 10.1. The van der Waals surface area contributed by atoms with Gasteiger partial charge in [0.05, 0.1) is 13.2 Å². The number of methoxy groups -OCH3 is 1. The van der Waals surface area contributed by atoms with E-state index in [1.807, 2.05) is 27.7 Å². The first kappa shape index (κ1) is 16.3. The predicted molar refractivity (Wildman–Crippen MR) is 79.4 cm³/mol. The number of hydrogen-bond acceptors (Lipinski definition) is 4. The SMILES string of the molecule is COc1cc(C(=O)NCC(C)(C)N)ccc1OC(C)C. The van der Waals surface area contributed by atoms with Crippen LogP contribution in [0.5, 0.6) is 11.5 Å². The van der Waals surface area contributed by atoms with Gasteiger partial charge in [-0.15, -0.1) is 0 Å². The molecule has 20 heavy (non-hydrogen) atoms. The van der Waals surface area contributed by atoms with Crippen molar-refractivity contribution < 1.29 is 14.3 Å². The van der Waals surface area contributed by atoms with Gasteiger partial charge in [0, 0.05) is 17.6 Å². The Hall–Kier alpha value is -1.75. The third-order valence-corrected chi connectivity index (χ3v) is 2.49. The molecule has 0 spiro atoms. The van der Waals surface area contributed by atoms with Gasteiger partial charge >= 0.3 is 0 Å². The monoisotopic (exact) mass is 280 g/mol. The zero-order valence-electron chi connectivity index (χ0n) is 12.8. The summed E-state index contributed by atoms with van der Waals surface area (Å²) in [7, 11) is 1.55. The fourth-order valence-electron chi connectivity index (χ4n) is 1.57. The van der Waals surface area contributed by atoms with Crippen molar-refractivity contribution in [2.75, 3.05) is 13.7 Å². The van der Waals surface area contributed by atoms with Crippen molar-refractivity contribution in [2.24, 2.45) is 5.73 Å². The van der Waals surface area contributed by atoms with Crippen LogP contribution < -0.4 is 20.5 Å². The highest BCUT2D eigenvalue weighted by Crippen LogP contribution is 2.28. The van der Waals surface area contributed by atoms with Gasteiger partial charge in [0.15, 0.2) is 11.5 Å². The molecule has 0 aromatic heterocycles. The molecule has 3 N–H and O–H groups in total. The zero-order chi connectivity index (χ0) is 15.3. The third-order valence-electron chi connectivity index (χ3n) is 2.49. The molecule has 0 saturated heterocycles. The Morgan fingerprint density at radius 1 is 1.35 bits per heavy atom. The van der Waals surface area contributed by atoms with Gasteiger partial charge in [0.1, 0.15) is 0 Å². The Labute approximate surface area is 120 Å². The van der Waals surface area contributed by atoms with Gasteiger partial charge in [0.2, 0.25) is 0 Å². The molecule has 1 amide bonds. The second kappa shape index (κ2) is 6.61. The molecule has 0 heterocycles. The Bertz CT molecular complexity index is 465. The minimum Gasteiger partial charge on any atom is -0.493 e. The summed E-state index contributed by atoms with van der Waals surface area (Å²) in [6, 6.07) is 5.11. The molecule has 5 heteroatoms. The van der Waals surface area contributed by atoms with Crippen LogP contribution in [0.25, 0.3) is 0 Å². The van der Waals surface area contributed by atoms with Crippen molar-refractivity contribution in [1.82, 2.24) is 5.32 Å². The van der Waals surface area contributed by atoms with Crippen molar-refractivity contribution in [3.8, 4) is 11.5 Å². The minimum atomic E-state index is -0.444. The molecule has 0 saturated carbocycles. The Balaban J connectivity index is 2.84.